The van der Waals surface area contributed by atoms with E-state index in [-0.39, 0.29) is 5.91 Å². The minimum atomic E-state index is -0.0267. The fraction of sp³-hybridized carbons (Fsp3) is 0.0588. The first-order valence-electron chi connectivity index (χ1n) is 6.74. The summed E-state index contributed by atoms with van der Waals surface area (Å²) in [7, 11) is 0. The van der Waals surface area contributed by atoms with Crippen molar-refractivity contribution in [2.45, 2.75) is 6.54 Å². The van der Waals surface area contributed by atoms with Gasteiger partial charge >= 0.3 is 0 Å². The van der Waals surface area contributed by atoms with Crippen LogP contribution in [0.15, 0.2) is 66.3 Å². The average molecular weight is 329 g/mol. The molecule has 2 heterocycles. The van der Waals surface area contributed by atoms with E-state index in [0.717, 1.165) is 11.3 Å². The minimum absolute atomic E-state index is 0.0267. The summed E-state index contributed by atoms with van der Waals surface area (Å²) < 4.78 is 0. The molecule has 2 aromatic heterocycles. The number of halogens is 1. The van der Waals surface area contributed by atoms with E-state index in [1.807, 2.05) is 41.8 Å². The monoisotopic (exact) mass is 328 g/mol. The number of nitrogens with zero attached hydrogens (tertiary/aromatic N) is 2. The minimum Gasteiger partial charge on any atom is -0.303 e. The highest BCUT2D eigenvalue weighted by atomic mass is 35.5. The lowest BCUT2D eigenvalue weighted by molar-refractivity contribution is 0.0989. The van der Waals surface area contributed by atoms with Crippen LogP contribution >= 0.6 is 22.9 Å². The van der Waals surface area contributed by atoms with Crippen LogP contribution in [0.5, 0.6) is 0 Å². The lowest BCUT2D eigenvalue weighted by atomic mass is 10.2. The second-order valence-corrected chi connectivity index (χ2v) is 6.09. The highest BCUT2D eigenvalue weighted by molar-refractivity contribution is 7.12. The van der Waals surface area contributed by atoms with Gasteiger partial charge in [-0.15, -0.1) is 11.3 Å². The zero-order valence-corrected chi connectivity index (χ0v) is 13.2. The number of hydrogen-bond donors (Lipinski definition) is 0. The SMILES string of the molecule is O=C(c1cccs1)N(Cc1cccnc1)c1ccc(Cl)cc1. The van der Waals surface area contributed by atoms with Crippen molar-refractivity contribution in [2.24, 2.45) is 0 Å². The molecule has 1 aromatic carbocycles. The van der Waals surface area contributed by atoms with Gasteiger partial charge in [0.15, 0.2) is 0 Å². The van der Waals surface area contributed by atoms with Crippen molar-refractivity contribution in [2.75, 3.05) is 4.90 Å². The zero-order valence-electron chi connectivity index (χ0n) is 11.6. The molecule has 22 heavy (non-hydrogen) atoms. The van der Waals surface area contributed by atoms with Crippen LogP contribution in [0.4, 0.5) is 5.69 Å². The molecule has 110 valence electrons. The van der Waals surface area contributed by atoms with Gasteiger partial charge in [0.1, 0.15) is 0 Å². The summed E-state index contributed by atoms with van der Waals surface area (Å²) in [4.78, 5) is 19.3. The van der Waals surface area contributed by atoms with Crippen LogP contribution < -0.4 is 4.90 Å². The molecular formula is C17H13ClN2OS. The van der Waals surface area contributed by atoms with E-state index in [1.165, 1.54) is 11.3 Å². The Morgan fingerprint density at radius 1 is 1.14 bits per heavy atom. The van der Waals surface area contributed by atoms with Gasteiger partial charge in [-0.25, -0.2) is 0 Å². The number of anilines is 1. The third-order valence-electron chi connectivity index (χ3n) is 3.18. The zero-order chi connectivity index (χ0) is 15.4. The average Bonchev–Trinajstić information content (AvgIpc) is 3.08. The van der Waals surface area contributed by atoms with Crippen LogP contribution in [0.2, 0.25) is 5.02 Å². The highest BCUT2D eigenvalue weighted by Gasteiger charge is 2.19. The van der Waals surface area contributed by atoms with Gasteiger partial charge < -0.3 is 4.90 Å². The Bertz CT molecular complexity index is 742. The van der Waals surface area contributed by atoms with Gasteiger partial charge in [-0.3, -0.25) is 9.78 Å². The topological polar surface area (TPSA) is 33.2 Å². The summed E-state index contributed by atoms with van der Waals surface area (Å²) in [6.45, 7) is 0.464. The smallest absolute Gasteiger partial charge is 0.268 e. The first-order valence-corrected chi connectivity index (χ1v) is 7.99. The van der Waals surface area contributed by atoms with Crippen molar-refractivity contribution in [1.82, 2.24) is 4.98 Å². The number of carbonyl (C=O) groups excluding carboxylic acids is 1. The van der Waals surface area contributed by atoms with Gasteiger partial charge in [-0.1, -0.05) is 23.7 Å². The Morgan fingerprint density at radius 3 is 2.59 bits per heavy atom. The third-order valence-corrected chi connectivity index (χ3v) is 4.29. The molecule has 0 aliphatic heterocycles. The molecule has 3 nitrogen and oxygen atoms in total. The molecule has 0 saturated heterocycles. The second-order valence-electron chi connectivity index (χ2n) is 4.71. The van der Waals surface area contributed by atoms with E-state index in [0.29, 0.717) is 16.4 Å². The molecule has 0 N–H and O–H groups in total. The fourth-order valence-electron chi connectivity index (χ4n) is 2.11. The standard InChI is InChI=1S/C17H13ClN2OS/c18-14-5-7-15(8-6-14)20(12-13-3-1-9-19-11-13)17(21)16-4-2-10-22-16/h1-11H,12H2. The molecule has 0 radical (unpaired) electrons. The summed E-state index contributed by atoms with van der Waals surface area (Å²) in [5.74, 6) is -0.0267. The number of pyridine rings is 1. The molecule has 0 spiro atoms. The lowest BCUT2D eigenvalue weighted by Crippen LogP contribution is -2.29. The molecule has 5 heteroatoms. The van der Waals surface area contributed by atoms with Gasteiger partial charge in [-0.2, -0.15) is 0 Å². The molecule has 3 rings (SSSR count). The van der Waals surface area contributed by atoms with Crippen molar-refractivity contribution < 1.29 is 4.79 Å². The maximum Gasteiger partial charge on any atom is 0.268 e. The number of aromatic nitrogens is 1. The molecule has 3 aromatic rings. The van der Waals surface area contributed by atoms with E-state index >= 15 is 0 Å². The van der Waals surface area contributed by atoms with Crippen LogP contribution in [-0.4, -0.2) is 10.9 Å². The molecule has 0 saturated carbocycles. The molecule has 1 amide bonds. The molecule has 0 aliphatic rings. The summed E-state index contributed by atoms with van der Waals surface area (Å²) in [6.07, 6.45) is 3.49. The Hall–Kier alpha value is -2.17. The predicted molar refractivity (Wildman–Crippen MR) is 90.5 cm³/mol. The number of carbonyl (C=O) groups is 1. The van der Waals surface area contributed by atoms with Crippen molar-refractivity contribution in [1.29, 1.82) is 0 Å². The van der Waals surface area contributed by atoms with Gasteiger partial charge in [0.2, 0.25) is 0 Å². The predicted octanol–water partition coefficient (Wildman–Crippen LogP) is 4.64. The molecule has 0 atom stereocenters. The molecule has 0 fully saturated rings. The van der Waals surface area contributed by atoms with Gasteiger partial charge in [0, 0.05) is 23.1 Å². The lowest BCUT2D eigenvalue weighted by Gasteiger charge is -2.22. The maximum atomic E-state index is 12.8. The van der Waals surface area contributed by atoms with Crippen LogP contribution in [0.25, 0.3) is 0 Å². The molecular weight excluding hydrogens is 316 g/mol. The maximum absolute atomic E-state index is 12.8. The number of hydrogen-bond acceptors (Lipinski definition) is 3. The largest absolute Gasteiger partial charge is 0.303 e. The van der Waals surface area contributed by atoms with Crippen molar-refractivity contribution in [3.8, 4) is 0 Å². The second kappa shape index (κ2) is 6.73. The summed E-state index contributed by atoms with van der Waals surface area (Å²) in [5, 5.41) is 2.55. The van der Waals surface area contributed by atoms with Crippen molar-refractivity contribution in [3.05, 3.63) is 81.8 Å². The van der Waals surface area contributed by atoms with Gasteiger partial charge in [0.25, 0.3) is 5.91 Å². The van der Waals surface area contributed by atoms with Crippen LogP contribution in [-0.2, 0) is 6.54 Å². The summed E-state index contributed by atoms with van der Waals surface area (Å²) >= 11 is 7.38. The summed E-state index contributed by atoms with van der Waals surface area (Å²) in [6, 6.07) is 14.8. The van der Waals surface area contributed by atoms with Gasteiger partial charge in [0.05, 0.1) is 11.4 Å². The van der Waals surface area contributed by atoms with Crippen molar-refractivity contribution >= 4 is 34.5 Å². The Labute approximate surface area is 137 Å². The highest BCUT2D eigenvalue weighted by Crippen LogP contribution is 2.23. The van der Waals surface area contributed by atoms with E-state index in [4.69, 9.17) is 11.6 Å². The van der Waals surface area contributed by atoms with E-state index in [2.05, 4.69) is 4.98 Å². The van der Waals surface area contributed by atoms with Gasteiger partial charge in [-0.05, 0) is 47.3 Å². The number of rotatable bonds is 4. The molecule has 0 aliphatic carbocycles. The fourth-order valence-corrected chi connectivity index (χ4v) is 2.91. The summed E-state index contributed by atoms with van der Waals surface area (Å²) in [5.41, 5.74) is 1.79. The molecule has 0 unspecified atom stereocenters. The van der Waals surface area contributed by atoms with Crippen LogP contribution in [0.3, 0.4) is 0 Å². The number of amides is 1. The first-order chi connectivity index (χ1) is 10.7. The first kappa shape index (κ1) is 14.8. The normalized spacial score (nSPS) is 10.4. The third kappa shape index (κ3) is 3.35. The Morgan fingerprint density at radius 2 is 1.95 bits per heavy atom. The Kier molecular flexibility index (Phi) is 4.51. The van der Waals surface area contributed by atoms with Crippen LogP contribution in [0, 0.1) is 0 Å². The van der Waals surface area contributed by atoms with Crippen molar-refractivity contribution in [3.63, 3.8) is 0 Å². The number of benzene rings is 1. The number of thiophene rings is 1. The van der Waals surface area contributed by atoms with E-state index in [9.17, 15) is 4.79 Å². The van der Waals surface area contributed by atoms with Crippen LogP contribution in [0.1, 0.15) is 15.2 Å². The molecule has 0 bridgehead atoms. The Balaban J connectivity index is 1.94. The quantitative estimate of drug-likeness (QED) is 0.698. The van der Waals surface area contributed by atoms with E-state index < -0.39 is 0 Å². The van der Waals surface area contributed by atoms with E-state index in [1.54, 1.807) is 29.4 Å².